The Morgan fingerprint density at radius 3 is 2.74 bits per heavy atom. The molecule has 2 heterocycles. The summed E-state index contributed by atoms with van der Waals surface area (Å²) in [5, 5.41) is 9.42. The van der Waals surface area contributed by atoms with Crippen LogP contribution in [0.2, 0.25) is 5.02 Å². The lowest BCUT2D eigenvalue weighted by atomic mass is 10.2. The molecule has 0 spiro atoms. The first-order valence-corrected chi connectivity index (χ1v) is 9.59. The highest BCUT2D eigenvalue weighted by atomic mass is 35.5. The van der Waals surface area contributed by atoms with Gasteiger partial charge in [0.15, 0.2) is 5.16 Å². The number of aryl methyl sites for hydroxylation is 2. The summed E-state index contributed by atoms with van der Waals surface area (Å²) in [5.41, 5.74) is 2.22. The summed E-state index contributed by atoms with van der Waals surface area (Å²) < 4.78 is 7.04. The molecule has 0 saturated heterocycles. The Bertz CT molecular complexity index is 1200. The van der Waals surface area contributed by atoms with Gasteiger partial charge in [0.2, 0.25) is 11.8 Å². The van der Waals surface area contributed by atoms with E-state index in [-0.39, 0.29) is 5.56 Å². The Morgan fingerprint density at radius 2 is 2.00 bits per heavy atom. The molecule has 0 radical (unpaired) electrons. The number of aromatic nitrogens is 4. The Kier molecular flexibility index (Phi) is 4.72. The van der Waals surface area contributed by atoms with Gasteiger partial charge in [-0.15, -0.1) is 10.2 Å². The van der Waals surface area contributed by atoms with Crippen molar-refractivity contribution in [3.63, 3.8) is 0 Å². The minimum Gasteiger partial charge on any atom is -0.425 e. The van der Waals surface area contributed by atoms with E-state index < -0.39 is 0 Å². The van der Waals surface area contributed by atoms with Crippen molar-refractivity contribution in [2.24, 2.45) is 0 Å². The van der Waals surface area contributed by atoms with E-state index in [1.807, 2.05) is 31.2 Å². The van der Waals surface area contributed by atoms with Crippen LogP contribution in [0.1, 0.15) is 17.3 Å². The fraction of sp³-hybridized carbons (Fsp3) is 0.158. The van der Waals surface area contributed by atoms with Crippen molar-refractivity contribution in [1.29, 1.82) is 0 Å². The first-order chi connectivity index (χ1) is 13.0. The van der Waals surface area contributed by atoms with Crippen LogP contribution in [0.5, 0.6) is 0 Å². The molecule has 0 amide bonds. The predicted molar refractivity (Wildman–Crippen MR) is 106 cm³/mol. The van der Waals surface area contributed by atoms with E-state index in [4.69, 9.17) is 16.0 Å². The molecule has 0 N–H and O–H groups in total. The van der Waals surface area contributed by atoms with Crippen LogP contribution in [0.25, 0.3) is 16.6 Å². The number of thioether (sulfide) groups is 1. The smallest absolute Gasteiger partial charge is 0.266 e. The van der Waals surface area contributed by atoms with E-state index in [1.54, 1.807) is 29.7 Å². The average molecular weight is 399 g/mol. The third-order valence-corrected chi connectivity index (χ3v) is 5.11. The molecule has 0 aliphatic carbocycles. The van der Waals surface area contributed by atoms with Gasteiger partial charge in [-0.1, -0.05) is 35.5 Å². The molecular formula is C19H15ClN4O2S. The van der Waals surface area contributed by atoms with Crippen LogP contribution in [0.3, 0.4) is 0 Å². The zero-order chi connectivity index (χ0) is 19.0. The van der Waals surface area contributed by atoms with Crippen molar-refractivity contribution in [3.05, 3.63) is 75.2 Å². The largest absolute Gasteiger partial charge is 0.425 e. The van der Waals surface area contributed by atoms with Crippen LogP contribution in [-0.2, 0) is 5.75 Å². The maximum Gasteiger partial charge on any atom is 0.266 e. The molecule has 0 atom stereocenters. The van der Waals surface area contributed by atoms with E-state index in [2.05, 4.69) is 15.2 Å². The monoisotopic (exact) mass is 398 g/mol. The molecule has 136 valence electrons. The lowest BCUT2D eigenvalue weighted by molar-refractivity contribution is 0.485. The van der Waals surface area contributed by atoms with Crippen molar-refractivity contribution in [2.75, 3.05) is 0 Å². The Labute approximate surface area is 164 Å². The van der Waals surface area contributed by atoms with E-state index in [1.165, 1.54) is 11.8 Å². The van der Waals surface area contributed by atoms with Gasteiger partial charge in [0.25, 0.3) is 5.56 Å². The summed E-state index contributed by atoms with van der Waals surface area (Å²) in [6.45, 7) is 3.72. The second-order valence-electron chi connectivity index (χ2n) is 6.04. The SMILES string of the molecule is Cc1cccc(-n2c(SCc3nnc(C)o3)nc3cc(Cl)ccc3c2=O)c1. The average Bonchev–Trinajstić information content (AvgIpc) is 3.05. The van der Waals surface area contributed by atoms with Crippen LogP contribution < -0.4 is 5.56 Å². The van der Waals surface area contributed by atoms with Crippen molar-refractivity contribution >= 4 is 34.3 Å². The minimum atomic E-state index is -0.147. The third-order valence-electron chi connectivity index (χ3n) is 3.95. The highest BCUT2D eigenvalue weighted by Crippen LogP contribution is 2.25. The van der Waals surface area contributed by atoms with Gasteiger partial charge in [0.1, 0.15) is 0 Å². The van der Waals surface area contributed by atoms with E-state index in [0.29, 0.717) is 38.6 Å². The number of halogens is 1. The molecule has 0 fully saturated rings. The molecule has 0 aliphatic rings. The summed E-state index contributed by atoms with van der Waals surface area (Å²) >= 11 is 7.45. The summed E-state index contributed by atoms with van der Waals surface area (Å²) in [5.74, 6) is 1.39. The van der Waals surface area contributed by atoms with E-state index in [0.717, 1.165) is 11.3 Å². The number of nitrogens with zero attached hydrogens (tertiary/aromatic N) is 4. The highest BCUT2D eigenvalue weighted by molar-refractivity contribution is 7.98. The molecule has 0 bridgehead atoms. The van der Waals surface area contributed by atoms with Crippen molar-refractivity contribution < 1.29 is 4.42 Å². The summed E-state index contributed by atoms with van der Waals surface area (Å²) in [7, 11) is 0. The molecule has 0 unspecified atom stereocenters. The number of hydrogen-bond donors (Lipinski definition) is 0. The number of hydrogen-bond acceptors (Lipinski definition) is 6. The molecule has 2 aromatic carbocycles. The quantitative estimate of drug-likeness (QED) is 0.376. The highest BCUT2D eigenvalue weighted by Gasteiger charge is 2.15. The summed E-state index contributed by atoms with van der Waals surface area (Å²) in [4.78, 5) is 17.9. The van der Waals surface area contributed by atoms with Gasteiger partial charge in [0.05, 0.1) is 22.3 Å². The topological polar surface area (TPSA) is 73.8 Å². The lowest BCUT2D eigenvalue weighted by Crippen LogP contribution is -2.21. The molecule has 8 heteroatoms. The Balaban J connectivity index is 1.88. The summed E-state index contributed by atoms with van der Waals surface area (Å²) in [6, 6.07) is 12.8. The number of benzene rings is 2. The lowest BCUT2D eigenvalue weighted by Gasteiger charge is -2.13. The second-order valence-corrected chi connectivity index (χ2v) is 7.42. The molecule has 0 aliphatic heterocycles. The third kappa shape index (κ3) is 3.61. The molecule has 4 aromatic rings. The second kappa shape index (κ2) is 7.17. The van der Waals surface area contributed by atoms with E-state index in [9.17, 15) is 4.79 Å². The normalized spacial score (nSPS) is 11.2. The van der Waals surface area contributed by atoms with Crippen LogP contribution in [-0.4, -0.2) is 19.7 Å². The van der Waals surface area contributed by atoms with Gasteiger partial charge in [-0.3, -0.25) is 9.36 Å². The number of rotatable bonds is 4. The fourth-order valence-corrected chi connectivity index (χ4v) is 3.77. The van der Waals surface area contributed by atoms with Crippen LogP contribution in [0, 0.1) is 13.8 Å². The zero-order valence-electron chi connectivity index (χ0n) is 14.6. The van der Waals surface area contributed by atoms with Crippen LogP contribution in [0.4, 0.5) is 0 Å². The van der Waals surface area contributed by atoms with Gasteiger partial charge in [-0.05, 0) is 42.8 Å². The molecule has 27 heavy (non-hydrogen) atoms. The van der Waals surface area contributed by atoms with Crippen molar-refractivity contribution in [2.45, 2.75) is 24.8 Å². The number of fused-ring (bicyclic) bond motifs is 1. The Hall–Kier alpha value is -2.64. The van der Waals surface area contributed by atoms with Gasteiger partial charge in [0, 0.05) is 11.9 Å². The van der Waals surface area contributed by atoms with E-state index >= 15 is 0 Å². The fourth-order valence-electron chi connectivity index (χ4n) is 2.75. The van der Waals surface area contributed by atoms with Crippen LogP contribution >= 0.6 is 23.4 Å². The van der Waals surface area contributed by atoms with Gasteiger partial charge in [-0.2, -0.15) is 0 Å². The zero-order valence-corrected chi connectivity index (χ0v) is 16.2. The molecular weight excluding hydrogens is 384 g/mol. The summed E-state index contributed by atoms with van der Waals surface area (Å²) in [6.07, 6.45) is 0. The maximum absolute atomic E-state index is 13.2. The molecule has 0 saturated carbocycles. The first kappa shape index (κ1) is 17.8. The molecule has 6 nitrogen and oxygen atoms in total. The maximum atomic E-state index is 13.2. The minimum absolute atomic E-state index is 0.147. The van der Waals surface area contributed by atoms with Gasteiger partial charge < -0.3 is 4.42 Å². The van der Waals surface area contributed by atoms with Crippen molar-refractivity contribution in [1.82, 2.24) is 19.7 Å². The first-order valence-electron chi connectivity index (χ1n) is 8.22. The van der Waals surface area contributed by atoms with Gasteiger partial charge in [-0.25, -0.2) is 4.98 Å². The molecule has 4 rings (SSSR count). The standard InChI is InChI=1S/C19H15ClN4O2S/c1-11-4-3-5-14(8-11)24-18(25)15-7-6-13(20)9-16(15)21-19(24)27-10-17-23-22-12(2)26-17/h3-9H,10H2,1-2H3. The van der Waals surface area contributed by atoms with Crippen LogP contribution in [0.15, 0.2) is 56.8 Å². The van der Waals surface area contributed by atoms with Crippen molar-refractivity contribution in [3.8, 4) is 5.69 Å². The molecule has 2 aromatic heterocycles. The van der Waals surface area contributed by atoms with Gasteiger partial charge >= 0.3 is 0 Å². The predicted octanol–water partition coefficient (Wildman–Crippen LogP) is 4.33. The Morgan fingerprint density at radius 1 is 1.15 bits per heavy atom.